The van der Waals surface area contributed by atoms with Gasteiger partial charge in [0, 0.05) is 11.8 Å². The summed E-state index contributed by atoms with van der Waals surface area (Å²) in [4.78, 5) is 21.2. The molecule has 0 aliphatic heterocycles. The predicted octanol–water partition coefficient (Wildman–Crippen LogP) is 6.31. The number of benzene rings is 3. The van der Waals surface area contributed by atoms with Crippen LogP contribution in [-0.4, -0.2) is 22.3 Å². The first-order valence-electron chi connectivity index (χ1n) is 11.5. The minimum Gasteiger partial charge on any atom is -0.487 e. The summed E-state index contributed by atoms with van der Waals surface area (Å²) in [5.41, 5.74) is 3.61. The van der Waals surface area contributed by atoms with E-state index in [2.05, 4.69) is 36.1 Å². The molecular formula is C29H28N2O4. The van der Waals surface area contributed by atoms with Crippen molar-refractivity contribution in [3.63, 3.8) is 0 Å². The second kappa shape index (κ2) is 10.8. The van der Waals surface area contributed by atoms with Crippen LogP contribution in [0, 0.1) is 0 Å². The van der Waals surface area contributed by atoms with E-state index >= 15 is 0 Å². The number of carboxylic acids is 1. The maximum Gasteiger partial charge on any atom is 0.350 e. The lowest BCUT2D eigenvalue weighted by atomic mass is 9.78. The van der Waals surface area contributed by atoms with Gasteiger partial charge >= 0.3 is 5.97 Å². The zero-order valence-corrected chi connectivity index (χ0v) is 19.8. The molecule has 0 saturated carbocycles. The van der Waals surface area contributed by atoms with Gasteiger partial charge in [-0.3, -0.25) is 0 Å². The zero-order valence-electron chi connectivity index (χ0n) is 19.8. The smallest absolute Gasteiger partial charge is 0.350 e. The molecule has 35 heavy (non-hydrogen) atoms. The van der Waals surface area contributed by atoms with Crippen molar-refractivity contribution < 1.29 is 19.5 Å². The first kappa shape index (κ1) is 24.0. The minimum atomic E-state index is -1.16. The fourth-order valence-electron chi connectivity index (χ4n) is 3.96. The predicted molar refractivity (Wildman–Crippen MR) is 137 cm³/mol. The van der Waals surface area contributed by atoms with Crippen molar-refractivity contribution in [2.75, 3.05) is 0 Å². The van der Waals surface area contributed by atoms with Gasteiger partial charge in [0.05, 0.1) is 11.2 Å². The van der Waals surface area contributed by atoms with Crippen molar-refractivity contribution in [3.8, 4) is 5.75 Å². The molecule has 1 unspecified atom stereocenters. The van der Waals surface area contributed by atoms with Gasteiger partial charge in [-0.25, -0.2) is 9.78 Å². The van der Waals surface area contributed by atoms with Gasteiger partial charge in [0.15, 0.2) is 12.3 Å². The van der Waals surface area contributed by atoms with Crippen molar-refractivity contribution >= 4 is 23.1 Å². The molecule has 1 aromatic heterocycles. The van der Waals surface area contributed by atoms with Gasteiger partial charge in [-0.1, -0.05) is 85.7 Å². The van der Waals surface area contributed by atoms with Gasteiger partial charge in [-0.2, -0.15) is 0 Å². The summed E-state index contributed by atoms with van der Waals surface area (Å²) in [6.45, 7) is 4.62. The van der Waals surface area contributed by atoms with E-state index in [0.29, 0.717) is 18.8 Å². The molecule has 1 heterocycles. The molecule has 4 rings (SSSR count). The number of rotatable bonds is 10. The van der Waals surface area contributed by atoms with E-state index in [1.165, 1.54) is 5.56 Å². The van der Waals surface area contributed by atoms with Crippen LogP contribution in [0.1, 0.15) is 43.2 Å². The number of aliphatic carboxylic acids is 1. The van der Waals surface area contributed by atoms with Crippen LogP contribution in [-0.2, 0) is 21.7 Å². The number of hydrogen-bond donors (Lipinski definition) is 1. The number of ether oxygens (including phenoxy) is 1. The Balaban J connectivity index is 1.47. The topological polar surface area (TPSA) is 81.0 Å². The highest BCUT2D eigenvalue weighted by Gasteiger charge is 2.27. The van der Waals surface area contributed by atoms with Crippen LogP contribution in [0.2, 0.25) is 0 Å². The van der Waals surface area contributed by atoms with Crippen molar-refractivity contribution in [2.24, 2.45) is 5.16 Å². The van der Waals surface area contributed by atoms with Gasteiger partial charge in [0.2, 0.25) is 0 Å². The van der Waals surface area contributed by atoms with Crippen LogP contribution in [0.3, 0.4) is 0 Å². The summed E-state index contributed by atoms with van der Waals surface area (Å²) in [7, 11) is 0. The number of oxime groups is 1. The van der Waals surface area contributed by atoms with Crippen LogP contribution in [0.15, 0.2) is 96.2 Å². The summed E-state index contributed by atoms with van der Waals surface area (Å²) in [5.74, 6) is -0.448. The number of nitrogens with zero attached hydrogens (tertiary/aromatic N) is 2. The van der Waals surface area contributed by atoms with Gasteiger partial charge < -0.3 is 14.7 Å². The second-order valence-corrected chi connectivity index (χ2v) is 8.97. The van der Waals surface area contributed by atoms with E-state index in [1.54, 1.807) is 0 Å². The lowest BCUT2D eigenvalue weighted by Gasteiger charge is -2.29. The van der Waals surface area contributed by atoms with Crippen LogP contribution >= 0.6 is 0 Å². The van der Waals surface area contributed by atoms with E-state index in [1.807, 2.05) is 78.9 Å². The number of para-hydroxylation sites is 1. The Bertz CT molecular complexity index is 1300. The van der Waals surface area contributed by atoms with Crippen LogP contribution in [0.25, 0.3) is 10.9 Å². The molecule has 1 N–H and O–H groups in total. The molecule has 178 valence electrons. The third kappa shape index (κ3) is 6.44. The lowest BCUT2D eigenvalue weighted by molar-refractivity contribution is -0.129. The van der Waals surface area contributed by atoms with Crippen molar-refractivity contribution in [1.29, 1.82) is 0 Å². The first-order valence-corrected chi connectivity index (χ1v) is 11.5. The average Bonchev–Trinajstić information content (AvgIpc) is 2.87. The van der Waals surface area contributed by atoms with E-state index in [4.69, 9.17) is 14.7 Å². The Morgan fingerprint density at radius 1 is 0.971 bits per heavy atom. The normalized spacial score (nSPS) is 12.5. The minimum absolute atomic E-state index is 0.221. The fraction of sp³-hybridized carbons (Fsp3) is 0.207. The van der Waals surface area contributed by atoms with Crippen molar-refractivity contribution in [3.05, 3.63) is 108 Å². The third-order valence-corrected chi connectivity index (χ3v) is 5.90. The maximum absolute atomic E-state index is 10.9. The maximum atomic E-state index is 10.9. The van der Waals surface area contributed by atoms with Crippen molar-refractivity contribution in [2.45, 2.75) is 38.4 Å². The van der Waals surface area contributed by atoms with E-state index in [9.17, 15) is 4.79 Å². The zero-order chi connectivity index (χ0) is 24.7. The molecule has 0 aliphatic rings. The van der Waals surface area contributed by atoms with Gasteiger partial charge in [0.25, 0.3) is 0 Å². The summed E-state index contributed by atoms with van der Waals surface area (Å²) >= 11 is 0. The quantitative estimate of drug-likeness (QED) is 0.218. The molecule has 0 aliphatic carbocycles. The Morgan fingerprint density at radius 3 is 2.43 bits per heavy atom. The van der Waals surface area contributed by atoms with Crippen LogP contribution < -0.4 is 4.74 Å². The summed E-state index contributed by atoms with van der Waals surface area (Å²) in [6.07, 6.45) is 0.933. The van der Waals surface area contributed by atoms with Gasteiger partial charge in [-0.05, 0) is 40.8 Å². The largest absolute Gasteiger partial charge is 0.487 e. The Morgan fingerprint density at radius 2 is 1.69 bits per heavy atom. The van der Waals surface area contributed by atoms with E-state index < -0.39 is 12.1 Å². The molecule has 0 radical (unpaired) electrons. The molecule has 0 saturated heterocycles. The number of fused-ring (bicyclic) bond motifs is 1. The summed E-state index contributed by atoms with van der Waals surface area (Å²) < 4.78 is 5.95. The average molecular weight is 469 g/mol. The monoisotopic (exact) mass is 468 g/mol. The van der Waals surface area contributed by atoms with E-state index in [-0.39, 0.29) is 5.41 Å². The molecule has 4 aromatic rings. The Hall–Kier alpha value is -4.19. The number of carbonyl (C=O) groups is 1. The molecular weight excluding hydrogens is 440 g/mol. The SMILES string of the molecule is CC(C)(CC(O/N=C/C(=O)O)c1ccc(OCc2ccc3ccccc3n2)cc1)c1ccccc1. The number of carboxylic acid groups (broad SMARTS) is 1. The highest BCUT2D eigenvalue weighted by molar-refractivity contribution is 6.21. The van der Waals surface area contributed by atoms with Crippen LogP contribution in [0.5, 0.6) is 5.75 Å². The molecule has 3 aromatic carbocycles. The first-order chi connectivity index (χ1) is 16.9. The Labute approximate surface area is 204 Å². The number of hydrogen-bond acceptors (Lipinski definition) is 5. The number of aromatic nitrogens is 1. The van der Waals surface area contributed by atoms with Gasteiger partial charge in [0.1, 0.15) is 12.4 Å². The lowest BCUT2D eigenvalue weighted by Crippen LogP contribution is -2.21. The van der Waals surface area contributed by atoms with Crippen LogP contribution in [0.4, 0.5) is 0 Å². The fourth-order valence-corrected chi connectivity index (χ4v) is 3.96. The molecule has 0 bridgehead atoms. The standard InChI is InChI=1S/C29H28N2O4/c1-29(2,23-9-4-3-5-10-23)18-27(35-30-19-28(32)33)22-13-16-25(17-14-22)34-20-24-15-12-21-8-6-7-11-26(21)31-24/h3-17,19,27H,18,20H2,1-2H3,(H,32,33)/b30-19+. The molecule has 1 atom stereocenters. The molecule has 0 spiro atoms. The second-order valence-electron chi connectivity index (χ2n) is 8.97. The third-order valence-electron chi connectivity index (χ3n) is 5.90. The summed E-state index contributed by atoms with van der Waals surface area (Å²) in [6, 6.07) is 29.7. The van der Waals surface area contributed by atoms with Crippen molar-refractivity contribution in [1.82, 2.24) is 4.98 Å². The molecule has 0 amide bonds. The summed E-state index contributed by atoms with van der Waals surface area (Å²) in [5, 5.41) is 13.7. The highest BCUT2D eigenvalue weighted by atomic mass is 16.6. The molecule has 6 nitrogen and oxygen atoms in total. The Kier molecular flexibility index (Phi) is 7.41. The molecule has 6 heteroatoms. The highest BCUT2D eigenvalue weighted by Crippen LogP contribution is 2.36. The number of pyridine rings is 1. The van der Waals surface area contributed by atoms with E-state index in [0.717, 1.165) is 28.4 Å². The van der Waals surface area contributed by atoms with Gasteiger partial charge in [-0.15, -0.1) is 0 Å². The molecule has 0 fully saturated rings.